The van der Waals surface area contributed by atoms with E-state index in [-0.39, 0.29) is 18.5 Å². The normalized spacial score (nSPS) is 27.1. The highest BCUT2D eigenvalue weighted by atomic mass is 19.1. The molecule has 23 heavy (non-hydrogen) atoms. The number of halogens is 1. The van der Waals surface area contributed by atoms with Crippen molar-refractivity contribution in [3.8, 4) is 0 Å². The molecule has 0 spiro atoms. The molecule has 2 aliphatic heterocycles. The number of hydrogen-bond donors (Lipinski definition) is 1. The minimum Gasteiger partial charge on any atom is -0.339 e. The molecule has 1 N–H and O–H groups in total. The Hall–Kier alpha value is -1.43. The average molecular weight is 320 g/mol. The first-order valence-electron chi connectivity index (χ1n) is 8.84. The van der Waals surface area contributed by atoms with E-state index in [0.717, 1.165) is 32.5 Å². The van der Waals surface area contributed by atoms with Crippen LogP contribution in [-0.4, -0.2) is 58.3 Å². The number of likely N-dealkylation sites (tertiary alicyclic amines) is 2. The van der Waals surface area contributed by atoms with Crippen molar-refractivity contribution >= 4 is 5.91 Å². The minimum absolute atomic E-state index is 0.0763. The number of piperidine rings is 1. The second-order valence-corrected chi connectivity index (χ2v) is 7.36. The predicted octanol–water partition coefficient (Wildman–Crippen LogP) is 2.07. The van der Waals surface area contributed by atoms with Gasteiger partial charge in [-0.05, 0) is 25.7 Å². The van der Waals surface area contributed by atoms with Crippen molar-refractivity contribution in [2.75, 3.05) is 26.3 Å². The maximum atomic E-state index is 12.8. The number of hydrogen-bond acceptors (Lipinski definition) is 3. The SMILES string of the molecule is O=C1CC(CF)CN1C1CCN(Cc2cn[nH]c2C2CC2)CC1. The molecule has 126 valence electrons. The molecule has 1 saturated carbocycles. The van der Waals surface area contributed by atoms with Gasteiger partial charge in [0.25, 0.3) is 0 Å². The number of aromatic amines is 1. The van der Waals surface area contributed by atoms with Crippen LogP contribution in [0.15, 0.2) is 6.20 Å². The zero-order chi connectivity index (χ0) is 15.8. The molecule has 1 aliphatic carbocycles. The molecule has 6 heteroatoms. The van der Waals surface area contributed by atoms with E-state index in [1.807, 2.05) is 11.1 Å². The molecule has 1 aromatic rings. The topological polar surface area (TPSA) is 52.2 Å². The van der Waals surface area contributed by atoms with E-state index >= 15 is 0 Å². The molecular formula is C17H25FN4O. The smallest absolute Gasteiger partial charge is 0.223 e. The molecule has 3 fully saturated rings. The molecule has 0 aromatic carbocycles. The van der Waals surface area contributed by atoms with Gasteiger partial charge in [-0.25, -0.2) is 0 Å². The Balaban J connectivity index is 1.31. The summed E-state index contributed by atoms with van der Waals surface area (Å²) in [5.41, 5.74) is 2.66. The molecule has 1 amide bonds. The Kier molecular flexibility index (Phi) is 4.09. The number of nitrogens with one attached hydrogen (secondary N) is 1. The third-order valence-electron chi connectivity index (χ3n) is 5.59. The van der Waals surface area contributed by atoms with Crippen LogP contribution in [0.4, 0.5) is 4.39 Å². The zero-order valence-electron chi connectivity index (χ0n) is 13.5. The standard InChI is InChI=1S/C17H25FN4O/c18-8-12-7-16(23)22(10-12)15-3-5-21(6-4-15)11-14-9-19-20-17(14)13-1-2-13/h9,12-13,15H,1-8,10-11H2,(H,19,20). The van der Waals surface area contributed by atoms with Crippen molar-refractivity contribution in [2.24, 2.45) is 5.92 Å². The fourth-order valence-corrected chi connectivity index (χ4v) is 4.07. The number of aromatic nitrogens is 2. The lowest BCUT2D eigenvalue weighted by Gasteiger charge is -2.36. The number of alkyl halides is 1. The largest absolute Gasteiger partial charge is 0.339 e. The third kappa shape index (κ3) is 3.13. The van der Waals surface area contributed by atoms with Crippen LogP contribution in [0.2, 0.25) is 0 Å². The van der Waals surface area contributed by atoms with Gasteiger partial charge >= 0.3 is 0 Å². The Bertz CT molecular complexity index is 563. The molecule has 1 atom stereocenters. The highest BCUT2D eigenvalue weighted by molar-refractivity contribution is 5.79. The maximum absolute atomic E-state index is 12.8. The van der Waals surface area contributed by atoms with Gasteiger partial charge in [0.1, 0.15) is 0 Å². The zero-order valence-corrected chi connectivity index (χ0v) is 13.5. The van der Waals surface area contributed by atoms with Gasteiger partial charge in [0.05, 0.1) is 12.9 Å². The maximum Gasteiger partial charge on any atom is 0.223 e. The highest BCUT2D eigenvalue weighted by Crippen LogP contribution is 2.40. The van der Waals surface area contributed by atoms with Crippen LogP contribution in [0.5, 0.6) is 0 Å². The van der Waals surface area contributed by atoms with Gasteiger partial charge in [-0.2, -0.15) is 5.10 Å². The lowest BCUT2D eigenvalue weighted by atomic mass is 10.0. The summed E-state index contributed by atoms with van der Waals surface area (Å²) >= 11 is 0. The summed E-state index contributed by atoms with van der Waals surface area (Å²) in [5.74, 6) is 0.773. The third-order valence-corrected chi connectivity index (χ3v) is 5.59. The van der Waals surface area contributed by atoms with Crippen LogP contribution in [0.25, 0.3) is 0 Å². The van der Waals surface area contributed by atoms with Gasteiger partial charge in [0, 0.05) is 61.7 Å². The van der Waals surface area contributed by atoms with Crippen molar-refractivity contribution in [1.82, 2.24) is 20.0 Å². The number of carbonyl (C=O) groups is 1. The van der Waals surface area contributed by atoms with Gasteiger partial charge in [-0.3, -0.25) is 19.2 Å². The van der Waals surface area contributed by atoms with Crippen LogP contribution >= 0.6 is 0 Å². The van der Waals surface area contributed by atoms with Gasteiger partial charge < -0.3 is 4.90 Å². The van der Waals surface area contributed by atoms with Gasteiger partial charge in [0.2, 0.25) is 5.91 Å². The van der Waals surface area contributed by atoms with E-state index in [1.165, 1.54) is 24.1 Å². The van der Waals surface area contributed by atoms with E-state index in [9.17, 15) is 9.18 Å². The highest BCUT2D eigenvalue weighted by Gasteiger charge is 2.36. The van der Waals surface area contributed by atoms with Crippen molar-refractivity contribution < 1.29 is 9.18 Å². The first-order chi connectivity index (χ1) is 11.2. The molecule has 2 saturated heterocycles. The Morgan fingerprint density at radius 3 is 2.70 bits per heavy atom. The molecule has 3 aliphatic rings. The number of amides is 1. The number of nitrogens with zero attached hydrogens (tertiary/aromatic N) is 3. The van der Waals surface area contributed by atoms with Crippen molar-refractivity contribution in [2.45, 2.75) is 50.6 Å². The monoisotopic (exact) mass is 320 g/mol. The van der Waals surface area contributed by atoms with Crippen molar-refractivity contribution in [3.63, 3.8) is 0 Å². The van der Waals surface area contributed by atoms with Crippen LogP contribution in [0, 0.1) is 5.92 Å². The van der Waals surface area contributed by atoms with Crippen molar-refractivity contribution in [1.29, 1.82) is 0 Å². The molecule has 0 radical (unpaired) electrons. The Morgan fingerprint density at radius 2 is 2.04 bits per heavy atom. The van der Waals surface area contributed by atoms with Crippen LogP contribution in [0.3, 0.4) is 0 Å². The molecule has 1 aromatic heterocycles. The van der Waals surface area contributed by atoms with E-state index < -0.39 is 0 Å². The summed E-state index contributed by atoms with van der Waals surface area (Å²) < 4.78 is 12.8. The number of carbonyl (C=O) groups excluding carboxylic acids is 1. The fraction of sp³-hybridized carbons (Fsp3) is 0.765. The summed E-state index contributed by atoms with van der Waals surface area (Å²) in [6, 6.07) is 0.308. The second-order valence-electron chi connectivity index (χ2n) is 7.36. The minimum atomic E-state index is -0.370. The van der Waals surface area contributed by atoms with E-state index in [1.54, 1.807) is 0 Å². The number of rotatable bonds is 5. The van der Waals surface area contributed by atoms with Crippen LogP contribution < -0.4 is 0 Å². The molecule has 5 nitrogen and oxygen atoms in total. The van der Waals surface area contributed by atoms with E-state index in [4.69, 9.17) is 0 Å². The Morgan fingerprint density at radius 1 is 1.26 bits per heavy atom. The van der Waals surface area contributed by atoms with Crippen molar-refractivity contribution in [3.05, 3.63) is 17.5 Å². The van der Waals surface area contributed by atoms with Gasteiger partial charge in [0.15, 0.2) is 0 Å². The van der Waals surface area contributed by atoms with E-state index in [0.29, 0.717) is 24.9 Å². The molecule has 3 heterocycles. The molecule has 0 bridgehead atoms. The Labute approximate surface area is 136 Å². The predicted molar refractivity (Wildman–Crippen MR) is 84.7 cm³/mol. The number of H-pyrrole nitrogens is 1. The lowest BCUT2D eigenvalue weighted by molar-refractivity contribution is -0.130. The summed E-state index contributed by atoms with van der Waals surface area (Å²) in [6.45, 7) is 3.21. The molecule has 1 unspecified atom stereocenters. The molecular weight excluding hydrogens is 295 g/mol. The van der Waals surface area contributed by atoms with Crippen LogP contribution in [-0.2, 0) is 11.3 Å². The van der Waals surface area contributed by atoms with Gasteiger partial charge in [-0.15, -0.1) is 0 Å². The first kappa shape index (κ1) is 15.1. The van der Waals surface area contributed by atoms with Gasteiger partial charge in [-0.1, -0.05) is 0 Å². The fourth-order valence-electron chi connectivity index (χ4n) is 4.07. The quantitative estimate of drug-likeness (QED) is 0.903. The molecule has 4 rings (SSSR count). The summed E-state index contributed by atoms with van der Waals surface area (Å²) in [7, 11) is 0. The van der Waals surface area contributed by atoms with E-state index in [2.05, 4.69) is 15.1 Å². The average Bonchev–Trinajstić information content (AvgIpc) is 3.19. The first-order valence-corrected chi connectivity index (χ1v) is 8.84. The second kappa shape index (κ2) is 6.23. The summed E-state index contributed by atoms with van der Waals surface area (Å²) in [4.78, 5) is 16.4. The van der Waals surface area contributed by atoms with Crippen LogP contribution in [0.1, 0.15) is 49.3 Å². The summed E-state index contributed by atoms with van der Waals surface area (Å²) in [5, 5.41) is 7.38. The lowest BCUT2D eigenvalue weighted by Crippen LogP contribution is -2.45. The summed E-state index contributed by atoms with van der Waals surface area (Å²) in [6.07, 6.45) is 6.93.